The van der Waals surface area contributed by atoms with Gasteiger partial charge in [0, 0.05) is 6.54 Å². The Hall–Kier alpha value is -2.21. The zero-order chi connectivity index (χ0) is 17.8. The van der Waals surface area contributed by atoms with Crippen molar-refractivity contribution in [1.82, 2.24) is 14.5 Å². The highest BCUT2D eigenvalue weighted by Gasteiger charge is 2.14. The molecule has 0 fully saturated rings. The van der Waals surface area contributed by atoms with Crippen LogP contribution in [-0.2, 0) is 11.3 Å². The first-order chi connectivity index (χ1) is 12.1. The molecule has 25 heavy (non-hydrogen) atoms. The maximum Gasteiger partial charge on any atom is 0.266 e. The lowest BCUT2D eigenvalue weighted by molar-refractivity contribution is 0.0992. The second-order valence-corrected chi connectivity index (χ2v) is 6.40. The average molecular weight is 358 g/mol. The first-order valence-corrected chi connectivity index (χ1v) is 8.44. The van der Waals surface area contributed by atoms with Crippen LogP contribution in [-0.4, -0.2) is 41.7 Å². The maximum absolute atomic E-state index is 13.0. The van der Waals surface area contributed by atoms with Crippen LogP contribution >= 0.6 is 11.6 Å². The third kappa shape index (κ3) is 3.90. The maximum atomic E-state index is 13.0. The number of aromatic nitrogens is 2. The second-order valence-electron chi connectivity index (χ2n) is 5.99. The van der Waals surface area contributed by atoms with Crippen LogP contribution in [0.2, 0.25) is 5.02 Å². The summed E-state index contributed by atoms with van der Waals surface area (Å²) in [5.74, 6) is 0.538. The Bertz CT molecular complexity index is 937. The molecule has 0 aliphatic carbocycles. The van der Waals surface area contributed by atoms with Crippen LogP contribution in [0.3, 0.4) is 0 Å². The van der Waals surface area contributed by atoms with Gasteiger partial charge in [-0.05, 0) is 38.4 Å². The van der Waals surface area contributed by atoms with Crippen LogP contribution in [0.4, 0.5) is 0 Å². The van der Waals surface area contributed by atoms with Gasteiger partial charge in [0.25, 0.3) is 5.56 Å². The molecule has 2 aromatic carbocycles. The highest BCUT2D eigenvalue weighted by molar-refractivity contribution is 6.32. The SMILES string of the molecule is CN(C)CCOCc1nc2ccccc2c(=O)n1-c1ccccc1Cl. The van der Waals surface area contributed by atoms with Crippen molar-refractivity contribution in [1.29, 1.82) is 0 Å². The summed E-state index contributed by atoms with van der Waals surface area (Å²) in [4.78, 5) is 19.7. The number of ether oxygens (including phenoxy) is 1. The predicted octanol–water partition coefficient (Wildman–Crippen LogP) is 3.12. The molecule has 3 rings (SSSR count). The molecule has 0 aliphatic heterocycles. The molecular weight excluding hydrogens is 338 g/mol. The van der Waals surface area contributed by atoms with E-state index in [-0.39, 0.29) is 12.2 Å². The molecular formula is C19H20ClN3O2. The number of hydrogen-bond acceptors (Lipinski definition) is 4. The number of para-hydroxylation sites is 2. The molecule has 0 atom stereocenters. The molecule has 0 bridgehead atoms. The van der Waals surface area contributed by atoms with E-state index in [0.29, 0.717) is 34.0 Å². The third-order valence-electron chi connectivity index (χ3n) is 3.85. The monoisotopic (exact) mass is 357 g/mol. The Morgan fingerprint density at radius 2 is 1.84 bits per heavy atom. The molecule has 3 aromatic rings. The second kappa shape index (κ2) is 7.78. The summed E-state index contributed by atoms with van der Waals surface area (Å²) < 4.78 is 7.27. The van der Waals surface area contributed by atoms with Gasteiger partial charge in [-0.1, -0.05) is 35.9 Å². The Morgan fingerprint density at radius 3 is 2.60 bits per heavy atom. The van der Waals surface area contributed by atoms with Gasteiger partial charge in [-0.25, -0.2) is 4.98 Å². The van der Waals surface area contributed by atoms with Crippen molar-refractivity contribution in [2.75, 3.05) is 27.2 Å². The van der Waals surface area contributed by atoms with Gasteiger partial charge < -0.3 is 9.64 Å². The van der Waals surface area contributed by atoms with Crippen LogP contribution < -0.4 is 5.56 Å². The normalized spacial score (nSPS) is 11.4. The van der Waals surface area contributed by atoms with Crippen molar-refractivity contribution in [2.24, 2.45) is 0 Å². The topological polar surface area (TPSA) is 47.4 Å². The Morgan fingerprint density at radius 1 is 1.12 bits per heavy atom. The number of nitrogens with zero attached hydrogens (tertiary/aromatic N) is 3. The van der Waals surface area contributed by atoms with Crippen LogP contribution in [0.5, 0.6) is 0 Å². The molecule has 1 aromatic heterocycles. The van der Waals surface area contributed by atoms with E-state index in [1.54, 1.807) is 16.7 Å². The van der Waals surface area contributed by atoms with Crippen LogP contribution in [0, 0.1) is 0 Å². The fraction of sp³-hybridized carbons (Fsp3) is 0.263. The van der Waals surface area contributed by atoms with Gasteiger partial charge in [0.05, 0.1) is 28.2 Å². The highest BCUT2D eigenvalue weighted by atomic mass is 35.5. The van der Waals surface area contributed by atoms with Crippen molar-refractivity contribution < 1.29 is 4.74 Å². The summed E-state index contributed by atoms with van der Waals surface area (Å²) in [6.45, 7) is 1.58. The van der Waals surface area contributed by atoms with E-state index in [9.17, 15) is 4.79 Å². The highest BCUT2D eigenvalue weighted by Crippen LogP contribution is 2.21. The van der Waals surface area contributed by atoms with Crippen molar-refractivity contribution in [3.63, 3.8) is 0 Å². The fourth-order valence-electron chi connectivity index (χ4n) is 2.57. The quantitative estimate of drug-likeness (QED) is 0.636. The molecule has 0 saturated heterocycles. The minimum atomic E-state index is -0.148. The van der Waals surface area contributed by atoms with Gasteiger partial charge in [-0.3, -0.25) is 9.36 Å². The molecule has 0 amide bonds. The summed E-state index contributed by atoms with van der Waals surface area (Å²) in [6, 6.07) is 14.5. The van der Waals surface area contributed by atoms with Crippen molar-refractivity contribution in [2.45, 2.75) is 6.61 Å². The Balaban J connectivity index is 2.08. The van der Waals surface area contributed by atoms with E-state index < -0.39 is 0 Å². The Labute approximate surface area is 151 Å². The predicted molar refractivity (Wildman–Crippen MR) is 101 cm³/mol. The molecule has 0 aliphatic rings. The Kier molecular flexibility index (Phi) is 5.48. The summed E-state index contributed by atoms with van der Waals surface area (Å²) in [5.41, 5.74) is 1.12. The molecule has 0 N–H and O–H groups in total. The molecule has 5 nitrogen and oxygen atoms in total. The minimum Gasteiger partial charge on any atom is -0.372 e. The van der Waals surface area contributed by atoms with Gasteiger partial charge in [0.1, 0.15) is 12.4 Å². The summed E-state index contributed by atoms with van der Waals surface area (Å²) in [7, 11) is 3.97. The molecule has 6 heteroatoms. The van der Waals surface area contributed by atoms with Crippen LogP contribution in [0.1, 0.15) is 5.82 Å². The van der Waals surface area contributed by atoms with Crippen molar-refractivity contribution >= 4 is 22.5 Å². The van der Waals surface area contributed by atoms with E-state index in [4.69, 9.17) is 16.3 Å². The molecule has 130 valence electrons. The van der Waals surface area contributed by atoms with Gasteiger partial charge in [-0.2, -0.15) is 0 Å². The molecule has 0 saturated carbocycles. The first kappa shape index (κ1) is 17.6. The lowest BCUT2D eigenvalue weighted by atomic mass is 10.2. The average Bonchev–Trinajstić information content (AvgIpc) is 2.60. The number of rotatable bonds is 6. The van der Waals surface area contributed by atoms with Crippen LogP contribution in [0.15, 0.2) is 53.3 Å². The zero-order valence-corrected chi connectivity index (χ0v) is 15.0. The van der Waals surface area contributed by atoms with E-state index >= 15 is 0 Å². The zero-order valence-electron chi connectivity index (χ0n) is 14.3. The number of halogens is 1. The first-order valence-electron chi connectivity index (χ1n) is 8.06. The van der Waals surface area contributed by atoms with E-state index in [1.807, 2.05) is 55.4 Å². The lowest BCUT2D eigenvalue weighted by Gasteiger charge is -2.15. The summed E-state index contributed by atoms with van der Waals surface area (Å²) in [6.07, 6.45) is 0. The number of fused-ring (bicyclic) bond motifs is 1. The van der Waals surface area contributed by atoms with Gasteiger partial charge in [0.2, 0.25) is 0 Å². The standard InChI is InChI=1S/C19H20ClN3O2/c1-22(2)11-12-25-13-18-21-16-9-5-3-7-14(16)19(24)23(18)17-10-6-4-8-15(17)20/h3-10H,11-13H2,1-2H3. The summed E-state index contributed by atoms with van der Waals surface area (Å²) >= 11 is 6.32. The van der Waals surface area contributed by atoms with Crippen LogP contribution in [0.25, 0.3) is 16.6 Å². The number of likely N-dealkylation sites (N-methyl/N-ethyl adjacent to an activating group) is 1. The minimum absolute atomic E-state index is 0.148. The van der Waals surface area contributed by atoms with Crippen molar-refractivity contribution in [3.05, 3.63) is 69.7 Å². The molecule has 0 unspecified atom stereocenters. The third-order valence-corrected chi connectivity index (χ3v) is 4.17. The molecule has 0 radical (unpaired) electrons. The van der Waals surface area contributed by atoms with Gasteiger partial charge in [-0.15, -0.1) is 0 Å². The fourth-order valence-corrected chi connectivity index (χ4v) is 2.79. The summed E-state index contributed by atoms with van der Waals surface area (Å²) in [5, 5.41) is 1.05. The number of hydrogen-bond donors (Lipinski definition) is 0. The molecule has 1 heterocycles. The van der Waals surface area contributed by atoms with E-state index in [0.717, 1.165) is 6.54 Å². The molecule has 0 spiro atoms. The van der Waals surface area contributed by atoms with E-state index in [1.165, 1.54) is 0 Å². The smallest absolute Gasteiger partial charge is 0.266 e. The van der Waals surface area contributed by atoms with Gasteiger partial charge in [0.15, 0.2) is 0 Å². The van der Waals surface area contributed by atoms with Gasteiger partial charge >= 0.3 is 0 Å². The number of benzene rings is 2. The van der Waals surface area contributed by atoms with E-state index in [2.05, 4.69) is 4.98 Å². The largest absolute Gasteiger partial charge is 0.372 e. The lowest BCUT2D eigenvalue weighted by Crippen LogP contribution is -2.25. The van der Waals surface area contributed by atoms with Crippen molar-refractivity contribution in [3.8, 4) is 5.69 Å².